The van der Waals surface area contributed by atoms with Crippen molar-refractivity contribution in [1.29, 1.82) is 0 Å². The first kappa shape index (κ1) is 13.0. The maximum Gasteiger partial charge on any atom is 0.158 e. The van der Waals surface area contributed by atoms with Crippen LogP contribution in [0.5, 0.6) is 0 Å². The number of rotatable bonds is 5. The molecule has 0 amide bonds. The number of halogens is 1. The lowest BCUT2D eigenvalue weighted by Gasteiger charge is -1.98. The monoisotopic (exact) mass is 288 g/mol. The molecule has 102 valence electrons. The van der Waals surface area contributed by atoms with Crippen LogP contribution in [0.1, 0.15) is 11.5 Å². The van der Waals surface area contributed by atoms with Gasteiger partial charge in [-0.05, 0) is 48.5 Å². The Morgan fingerprint density at radius 1 is 0.900 bits per heavy atom. The first-order valence-corrected chi connectivity index (χ1v) is 6.88. The van der Waals surface area contributed by atoms with E-state index >= 15 is 0 Å². The molecule has 4 heteroatoms. The third-order valence-corrected chi connectivity index (χ3v) is 3.31. The van der Waals surface area contributed by atoms with Crippen molar-refractivity contribution in [3.05, 3.63) is 71.3 Å². The van der Waals surface area contributed by atoms with E-state index in [-0.39, 0.29) is 0 Å². The molecule has 0 bridgehead atoms. The summed E-state index contributed by atoms with van der Waals surface area (Å²) in [6, 6.07) is 15.5. The van der Waals surface area contributed by atoms with Crippen LogP contribution in [0.15, 0.2) is 63.6 Å². The highest BCUT2D eigenvalue weighted by molar-refractivity contribution is 6.30. The summed E-state index contributed by atoms with van der Waals surface area (Å²) < 4.78 is 11.1. The van der Waals surface area contributed by atoms with Crippen LogP contribution in [0.3, 0.4) is 0 Å². The van der Waals surface area contributed by atoms with E-state index in [0.29, 0.717) is 0 Å². The largest absolute Gasteiger partial charge is 0.463 e. The summed E-state index contributed by atoms with van der Waals surface area (Å²) in [4.78, 5) is 0. The van der Waals surface area contributed by atoms with E-state index in [1.54, 1.807) is 6.26 Å². The van der Waals surface area contributed by atoms with Gasteiger partial charge in [-0.15, -0.1) is 0 Å². The molecule has 3 rings (SSSR count). The van der Waals surface area contributed by atoms with Crippen LogP contribution in [0.4, 0.5) is 0 Å². The molecule has 0 radical (unpaired) electrons. The van der Waals surface area contributed by atoms with Crippen LogP contribution in [-0.4, -0.2) is 0 Å². The van der Waals surface area contributed by atoms with Gasteiger partial charge in [-0.1, -0.05) is 11.6 Å². The molecule has 3 aromatic rings. The molecular weight excluding hydrogens is 274 g/mol. The highest BCUT2D eigenvalue weighted by Gasteiger charge is 2.06. The summed E-state index contributed by atoms with van der Waals surface area (Å²) in [6.07, 6.45) is 1.69. The van der Waals surface area contributed by atoms with E-state index in [1.807, 2.05) is 48.5 Å². The molecule has 0 saturated carbocycles. The van der Waals surface area contributed by atoms with Crippen LogP contribution in [0.2, 0.25) is 5.02 Å². The number of hydrogen-bond donors (Lipinski definition) is 1. The van der Waals surface area contributed by atoms with E-state index in [1.165, 1.54) is 0 Å². The Hall–Kier alpha value is -1.97. The molecule has 0 atom stereocenters. The highest BCUT2D eigenvalue weighted by Crippen LogP contribution is 2.23. The molecule has 0 aliphatic carbocycles. The lowest BCUT2D eigenvalue weighted by molar-refractivity contribution is -0.689. The molecule has 0 saturated heterocycles. The Morgan fingerprint density at radius 2 is 1.70 bits per heavy atom. The van der Waals surface area contributed by atoms with Crippen LogP contribution in [0, 0.1) is 0 Å². The Morgan fingerprint density at radius 3 is 2.45 bits per heavy atom. The van der Waals surface area contributed by atoms with Crippen molar-refractivity contribution in [3.8, 4) is 11.3 Å². The Bertz CT molecular complexity index is 656. The van der Waals surface area contributed by atoms with Crippen molar-refractivity contribution in [3.63, 3.8) is 0 Å². The smallest absolute Gasteiger partial charge is 0.158 e. The summed E-state index contributed by atoms with van der Waals surface area (Å²) in [7, 11) is 0. The topological polar surface area (TPSA) is 42.9 Å². The highest BCUT2D eigenvalue weighted by atomic mass is 35.5. The fourth-order valence-corrected chi connectivity index (χ4v) is 2.17. The van der Waals surface area contributed by atoms with Gasteiger partial charge in [0.2, 0.25) is 0 Å². The maximum atomic E-state index is 5.88. The van der Waals surface area contributed by atoms with Crippen molar-refractivity contribution in [2.75, 3.05) is 0 Å². The van der Waals surface area contributed by atoms with Crippen LogP contribution in [-0.2, 0) is 13.1 Å². The molecule has 0 aliphatic rings. The summed E-state index contributed by atoms with van der Waals surface area (Å²) in [5, 5.41) is 2.87. The van der Waals surface area contributed by atoms with Crippen LogP contribution >= 0.6 is 11.6 Å². The van der Waals surface area contributed by atoms with Crippen molar-refractivity contribution >= 4 is 11.6 Å². The Balaban J connectivity index is 1.60. The number of benzene rings is 1. The van der Waals surface area contributed by atoms with E-state index < -0.39 is 0 Å². The molecule has 3 nitrogen and oxygen atoms in total. The predicted molar refractivity (Wildman–Crippen MR) is 77.2 cm³/mol. The van der Waals surface area contributed by atoms with Crippen molar-refractivity contribution in [2.45, 2.75) is 13.1 Å². The van der Waals surface area contributed by atoms with Gasteiger partial charge in [0.05, 0.1) is 6.26 Å². The molecule has 2 heterocycles. The number of nitrogens with two attached hydrogens (primary N) is 1. The molecule has 0 unspecified atom stereocenters. The van der Waals surface area contributed by atoms with Gasteiger partial charge in [0.1, 0.15) is 18.8 Å². The van der Waals surface area contributed by atoms with E-state index in [4.69, 9.17) is 20.4 Å². The van der Waals surface area contributed by atoms with Gasteiger partial charge in [0.25, 0.3) is 0 Å². The second kappa shape index (κ2) is 5.99. The first-order valence-electron chi connectivity index (χ1n) is 6.50. The Labute approximate surface area is 122 Å². The summed E-state index contributed by atoms with van der Waals surface area (Å²) in [5.41, 5.74) is 1.03. The van der Waals surface area contributed by atoms with Gasteiger partial charge >= 0.3 is 0 Å². The first-order chi connectivity index (χ1) is 9.81. The number of furan rings is 2. The summed E-state index contributed by atoms with van der Waals surface area (Å²) in [6.45, 7) is 1.60. The normalized spacial score (nSPS) is 10.8. The lowest BCUT2D eigenvalue weighted by atomic mass is 10.2. The average Bonchev–Trinajstić information content (AvgIpc) is 3.11. The van der Waals surface area contributed by atoms with Crippen molar-refractivity contribution < 1.29 is 14.2 Å². The number of quaternary nitrogens is 1. The summed E-state index contributed by atoms with van der Waals surface area (Å²) in [5.74, 6) is 2.78. The molecule has 0 aliphatic heterocycles. The minimum atomic E-state index is 0.729. The minimum absolute atomic E-state index is 0.729. The van der Waals surface area contributed by atoms with E-state index in [2.05, 4.69) is 5.32 Å². The van der Waals surface area contributed by atoms with Gasteiger partial charge in [-0.3, -0.25) is 0 Å². The van der Waals surface area contributed by atoms with Gasteiger partial charge in [-0.2, -0.15) is 0 Å². The molecule has 20 heavy (non-hydrogen) atoms. The van der Waals surface area contributed by atoms with Gasteiger partial charge in [0, 0.05) is 10.6 Å². The van der Waals surface area contributed by atoms with Gasteiger partial charge in [0.15, 0.2) is 11.5 Å². The van der Waals surface area contributed by atoms with Crippen LogP contribution in [0.25, 0.3) is 11.3 Å². The third-order valence-electron chi connectivity index (χ3n) is 3.06. The van der Waals surface area contributed by atoms with Gasteiger partial charge in [-0.25, -0.2) is 0 Å². The number of hydrogen-bond acceptors (Lipinski definition) is 2. The van der Waals surface area contributed by atoms with E-state index in [0.717, 1.165) is 41.0 Å². The van der Waals surface area contributed by atoms with Crippen molar-refractivity contribution in [2.24, 2.45) is 0 Å². The van der Waals surface area contributed by atoms with E-state index in [9.17, 15) is 0 Å². The SMILES string of the molecule is Clc1ccc(-c2ccc(C[NH2+]Cc3ccco3)o2)cc1. The molecule has 1 aromatic carbocycles. The second-order valence-electron chi connectivity index (χ2n) is 4.55. The zero-order valence-electron chi connectivity index (χ0n) is 10.9. The lowest BCUT2D eigenvalue weighted by Crippen LogP contribution is -2.80. The third kappa shape index (κ3) is 3.13. The maximum absolute atomic E-state index is 5.88. The quantitative estimate of drug-likeness (QED) is 0.781. The molecule has 2 N–H and O–H groups in total. The average molecular weight is 289 g/mol. The predicted octanol–water partition coefficient (Wildman–Crippen LogP) is 3.46. The fraction of sp³-hybridized carbons (Fsp3) is 0.125. The molecule has 0 spiro atoms. The zero-order chi connectivity index (χ0) is 13.8. The second-order valence-corrected chi connectivity index (χ2v) is 4.99. The fourth-order valence-electron chi connectivity index (χ4n) is 2.04. The summed E-state index contributed by atoms with van der Waals surface area (Å²) >= 11 is 5.88. The standard InChI is InChI=1S/C16H14ClNO2/c17-13-5-3-12(4-6-13)16-8-7-15(20-16)11-18-10-14-2-1-9-19-14/h1-9,18H,10-11H2/p+1. The molecule has 0 fully saturated rings. The minimum Gasteiger partial charge on any atom is -0.463 e. The molecule has 2 aromatic heterocycles. The van der Waals surface area contributed by atoms with Gasteiger partial charge < -0.3 is 14.2 Å². The van der Waals surface area contributed by atoms with Crippen molar-refractivity contribution in [1.82, 2.24) is 0 Å². The zero-order valence-corrected chi connectivity index (χ0v) is 11.6. The Kier molecular flexibility index (Phi) is 3.90. The molecular formula is C16H15ClNO2+. The van der Waals surface area contributed by atoms with Crippen LogP contribution < -0.4 is 5.32 Å².